The number of aliphatic hydroxyl groups excluding tert-OH is 1. The minimum Gasteiger partial charge on any atom is -0.395 e. The maximum atomic E-state index is 12.4. The summed E-state index contributed by atoms with van der Waals surface area (Å²) in [4.78, 5) is 0. The lowest BCUT2D eigenvalue weighted by molar-refractivity contribution is 0.153. The molecule has 1 aliphatic carbocycles. The highest BCUT2D eigenvalue weighted by Gasteiger charge is 2.33. The van der Waals surface area contributed by atoms with Crippen molar-refractivity contribution in [2.24, 2.45) is 0 Å². The van der Waals surface area contributed by atoms with E-state index in [2.05, 4.69) is 4.72 Å². The van der Waals surface area contributed by atoms with E-state index < -0.39 is 10.2 Å². The van der Waals surface area contributed by atoms with Crippen LogP contribution in [0.5, 0.6) is 0 Å². The Morgan fingerprint density at radius 2 is 1.63 bits per heavy atom. The van der Waals surface area contributed by atoms with Crippen molar-refractivity contribution in [1.29, 1.82) is 0 Å². The molecule has 1 saturated heterocycles. The third kappa shape index (κ3) is 4.15. The molecule has 0 aromatic rings. The van der Waals surface area contributed by atoms with Gasteiger partial charge in [0, 0.05) is 18.6 Å². The molecule has 2 N–H and O–H groups in total. The molecule has 0 bridgehead atoms. The zero-order chi connectivity index (χ0) is 13.7. The lowest BCUT2D eigenvalue weighted by atomic mass is 10.1. The maximum absolute atomic E-state index is 12.4. The number of nitrogens with zero attached hydrogens (tertiary/aromatic N) is 1. The van der Waals surface area contributed by atoms with Crippen LogP contribution in [0.3, 0.4) is 0 Å². The van der Waals surface area contributed by atoms with Crippen molar-refractivity contribution in [2.45, 2.75) is 69.9 Å². The highest BCUT2D eigenvalue weighted by atomic mass is 32.2. The van der Waals surface area contributed by atoms with Gasteiger partial charge in [-0.25, -0.2) is 0 Å². The Bertz CT molecular complexity index is 364. The second kappa shape index (κ2) is 7.02. The topological polar surface area (TPSA) is 69.6 Å². The Morgan fingerprint density at radius 1 is 1.00 bits per heavy atom. The Morgan fingerprint density at radius 3 is 2.26 bits per heavy atom. The third-order valence-corrected chi connectivity index (χ3v) is 5.99. The molecule has 1 atom stereocenters. The van der Waals surface area contributed by atoms with Crippen molar-refractivity contribution in [3.63, 3.8) is 0 Å². The fourth-order valence-corrected chi connectivity index (χ4v) is 4.87. The van der Waals surface area contributed by atoms with E-state index in [0.717, 1.165) is 44.9 Å². The first-order valence-electron chi connectivity index (χ1n) is 7.53. The monoisotopic (exact) mass is 290 g/mol. The average molecular weight is 290 g/mol. The third-order valence-electron chi connectivity index (χ3n) is 4.26. The van der Waals surface area contributed by atoms with Crippen LogP contribution in [-0.2, 0) is 10.2 Å². The molecule has 2 rings (SSSR count). The standard InChI is InChI=1S/C13H26N2O3S/c16-11-13-9-5-6-10-15(13)19(17,18)14-12-7-3-1-2-4-8-12/h12-14,16H,1-11H2. The van der Waals surface area contributed by atoms with Crippen LogP contribution in [0.25, 0.3) is 0 Å². The maximum Gasteiger partial charge on any atom is 0.280 e. The van der Waals surface area contributed by atoms with Gasteiger partial charge in [-0.2, -0.15) is 17.4 Å². The summed E-state index contributed by atoms with van der Waals surface area (Å²) >= 11 is 0. The molecule has 1 saturated carbocycles. The summed E-state index contributed by atoms with van der Waals surface area (Å²) in [5.74, 6) is 0. The number of piperidine rings is 1. The first-order valence-corrected chi connectivity index (χ1v) is 8.97. The molecule has 19 heavy (non-hydrogen) atoms. The normalized spacial score (nSPS) is 28.2. The molecule has 2 aliphatic rings. The predicted molar refractivity (Wildman–Crippen MR) is 75.0 cm³/mol. The van der Waals surface area contributed by atoms with Crippen LogP contribution in [-0.4, -0.2) is 43.1 Å². The Labute approximate surface area is 116 Å². The zero-order valence-corrected chi connectivity index (χ0v) is 12.4. The zero-order valence-electron chi connectivity index (χ0n) is 11.6. The van der Waals surface area contributed by atoms with Gasteiger partial charge in [-0.1, -0.05) is 32.1 Å². The summed E-state index contributed by atoms with van der Waals surface area (Å²) in [7, 11) is -3.44. The minimum atomic E-state index is -3.44. The molecule has 1 unspecified atom stereocenters. The Hall–Kier alpha value is -0.170. The lowest BCUT2D eigenvalue weighted by Gasteiger charge is -2.34. The SMILES string of the molecule is O=S(=O)(NC1CCCCCC1)N1CCCCC1CO. The summed E-state index contributed by atoms with van der Waals surface area (Å²) in [5.41, 5.74) is 0. The van der Waals surface area contributed by atoms with Crippen LogP contribution in [0.1, 0.15) is 57.8 Å². The van der Waals surface area contributed by atoms with Crippen molar-refractivity contribution in [2.75, 3.05) is 13.2 Å². The van der Waals surface area contributed by atoms with E-state index in [9.17, 15) is 13.5 Å². The van der Waals surface area contributed by atoms with Gasteiger partial charge in [0.1, 0.15) is 0 Å². The van der Waals surface area contributed by atoms with Crippen LogP contribution in [0.15, 0.2) is 0 Å². The van der Waals surface area contributed by atoms with E-state index in [1.807, 2.05) is 0 Å². The molecule has 1 aliphatic heterocycles. The minimum absolute atomic E-state index is 0.0776. The first kappa shape index (κ1) is 15.2. The number of hydrogen-bond acceptors (Lipinski definition) is 3. The quantitative estimate of drug-likeness (QED) is 0.769. The van der Waals surface area contributed by atoms with Gasteiger partial charge in [0.25, 0.3) is 10.2 Å². The van der Waals surface area contributed by atoms with Crippen molar-refractivity contribution in [3.8, 4) is 0 Å². The average Bonchev–Trinajstić information content (AvgIpc) is 2.67. The van der Waals surface area contributed by atoms with Gasteiger partial charge in [0.05, 0.1) is 6.61 Å². The number of nitrogens with one attached hydrogen (secondary N) is 1. The molecule has 112 valence electrons. The molecule has 0 amide bonds. The van der Waals surface area contributed by atoms with Gasteiger partial charge in [0.2, 0.25) is 0 Å². The molecular weight excluding hydrogens is 264 g/mol. The molecular formula is C13H26N2O3S. The first-order chi connectivity index (χ1) is 9.13. The Balaban J connectivity index is 1.99. The van der Waals surface area contributed by atoms with Gasteiger partial charge < -0.3 is 5.11 Å². The highest BCUT2D eigenvalue weighted by molar-refractivity contribution is 7.87. The summed E-state index contributed by atoms with van der Waals surface area (Å²) in [6, 6.07) is -0.161. The highest BCUT2D eigenvalue weighted by Crippen LogP contribution is 2.22. The molecule has 0 aromatic heterocycles. The van der Waals surface area contributed by atoms with Crippen LogP contribution in [0.4, 0.5) is 0 Å². The van der Waals surface area contributed by atoms with Crippen molar-refractivity contribution in [1.82, 2.24) is 9.03 Å². The predicted octanol–water partition coefficient (Wildman–Crippen LogP) is 1.39. The number of aliphatic hydroxyl groups is 1. The van der Waals surface area contributed by atoms with Crippen molar-refractivity contribution >= 4 is 10.2 Å². The smallest absolute Gasteiger partial charge is 0.280 e. The van der Waals surface area contributed by atoms with Gasteiger partial charge in [-0.05, 0) is 25.7 Å². The van der Waals surface area contributed by atoms with Crippen molar-refractivity contribution in [3.05, 3.63) is 0 Å². The molecule has 0 radical (unpaired) electrons. The summed E-state index contributed by atoms with van der Waals surface area (Å²) in [5, 5.41) is 9.34. The number of hydrogen-bond donors (Lipinski definition) is 2. The van der Waals surface area contributed by atoms with Gasteiger partial charge >= 0.3 is 0 Å². The van der Waals surface area contributed by atoms with E-state index >= 15 is 0 Å². The molecule has 0 spiro atoms. The molecule has 1 heterocycles. The van der Waals surface area contributed by atoms with Gasteiger partial charge in [-0.3, -0.25) is 0 Å². The van der Waals surface area contributed by atoms with E-state index in [1.54, 1.807) is 0 Å². The van der Waals surface area contributed by atoms with E-state index in [4.69, 9.17) is 0 Å². The fourth-order valence-electron chi connectivity index (χ4n) is 3.15. The fraction of sp³-hybridized carbons (Fsp3) is 1.00. The summed E-state index contributed by atoms with van der Waals surface area (Å²) < 4.78 is 29.2. The summed E-state index contributed by atoms with van der Waals surface area (Å²) in [6.45, 7) is 0.457. The van der Waals surface area contributed by atoms with E-state index in [1.165, 1.54) is 17.1 Å². The van der Waals surface area contributed by atoms with E-state index in [0.29, 0.717) is 6.54 Å². The van der Waals surface area contributed by atoms with Crippen LogP contribution < -0.4 is 4.72 Å². The lowest BCUT2D eigenvalue weighted by Crippen LogP contribution is -2.52. The second-order valence-corrected chi connectivity index (χ2v) is 7.41. The van der Waals surface area contributed by atoms with E-state index in [-0.39, 0.29) is 18.7 Å². The molecule has 6 heteroatoms. The molecule has 0 aromatic carbocycles. The van der Waals surface area contributed by atoms with Gasteiger partial charge in [0.15, 0.2) is 0 Å². The van der Waals surface area contributed by atoms with Gasteiger partial charge in [-0.15, -0.1) is 0 Å². The van der Waals surface area contributed by atoms with Crippen molar-refractivity contribution < 1.29 is 13.5 Å². The van der Waals surface area contributed by atoms with Crippen LogP contribution >= 0.6 is 0 Å². The van der Waals surface area contributed by atoms with Crippen LogP contribution in [0.2, 0.25) is 0 Å². The largest absolute Gasteiger partial charge is 0.395 e. The molecule has 5 nitrogen and oxygen atoms in total. The second-order valence-electron chi connectivity index (χ2n) is 5.75. The van der Waals surface area contributed by atoms with Crippen LogP contribution in [0, 0.1) is 0 Å². The number of rotatable bonds is 4. The molecule has 2 fully saturated rings. The Kier molecular flexibility index (Phi) is 5.62. The summed E-state index contributed by atoms with van der Waals surface area (Å²) in [6.07, 6.45) is 9.17.